The summed E-state index contributed by atoms with van der Waals surface area (Å²) < 4.78 is 39.7. The monoisotopic (exact) mass is 269 g/mol. The number of rotatable bonds is 3. The molecule has 0 aliphatic rings. The number of aromatic carboxylic acids is 1. The van der Waals surface area contributed by atoms with Gasteiger partial charge in [0.1, 0.15) is 5.69 Å². The van der Waals surface area contributed by atoms with Crippen LogP contribution < -0.4 is 0 Å². The van der Waals surface area contributed by atoms with Gasteiger partial charge in [0, 0.05) is 12.7 Å². The van der Waals surface area contributed by atoms with Gasteiger partial charge >= 0.3 is 12.1 Å². The van der Waals surface area contributed by atoms with Gasteiger partial charge < -0.3 is 9.67 Å². The fraction of sp³-hybridized carbons (Fsp3) is 0.154. The van der Waals surface area contributed by atoms with Crippen molar-refractivity contribution < 1.29 is 23.1 Å². The quantitative estimate of drug-likeness (QED) is 0.929. The van der Waals surface area contributed by atoms with Gasteiger partial charge in [-0.05, 0) is 11.6 Å². The zero-order valence-electron chi connectivity index (χ0n) is 9.69. The minimum atomic E-state index is -4.70. The molecule has 0 saturated carbocycles. The highest BCUT2D eigenvalue weighted by Gasteiger charge is 2.39. The molecule has 6 heteroatoms. The molecule has 2 rings (SSSR count). The van der Waals surface area contributed by atoms with E-state index < -0.39 is 23.4 Å². The molecule has 0 atom stereocenters. The number of aromatic nitrogens is 1. The highest BCUT2D eigenvalue weighted by atomic mass is 19.4. The number of alkyl halides is 3. The standard InChI is InChI=1S/C13H10F3NO2/c14-13(15,16)11-10(12(18)19)6-7-17(11)8-9-4-2-1-3-5-9/h1-7H,8H2,(H,18,19). The van der Waals surface area contributed by atoms with E-state index in [9.17, 15) is 18.0 Å². The topological polar surface area (TPSA) is 42.2 Å². The summed E-state index contributed by atoms with van der Waals surface area (Å²) in [7, 11) is 0. The molecule has 1 aromatic carbocycles. The number of halogens is 3. The van der Waals surface area contributed by atoms with Gasteiger partial charge in [-0.2, -0.15) is 13.2 Å². The van der Waals surface area contributed by atoms with Crippen molar-refractivity contribution in [3.63, 3.8) is 0 Å². The molecule has 100 valence electrons. The van der Waals surface area contributed by atoms with Gasteiger partial charge in [-0.15, -0.1) is 0 Å². The molecule has 0 bridgehead atoms. The Labute approximate surface area is 106 Å². The molecule has 3 nitrogen and oxygen atoms in total. The third kappa shape index (κ3) is 2.78. The van der Waals surface area contributed by atoms with Crippen LogP contribution >= 0.6 is 0 Å². The van der Waals surface area contributed by atoms with Crippen LogP contribution in [0.2, 0.25) is 0 Å². The van der Waals surface area contributed by atoms with Crippen molar-refractivity contribution in [2.24, 2.45) is 0 Å². The Bertz CT molecular complexity index is 588. The Morgan fingerprint density at radius 1 is 1.16 bits per heavy atom. The lowest BCUT2D eigenvalue weighted by molar-refractivity contribution is -0.143. The smallest absolute Gasteiger partial charge is 0.432 e. The van der Waals surface area contributed by atoms with Crippen LogP contribution in [0.25, 0.3) is 0 Å². The molecule has 0 saturated heterocycles. The van der Waals surface area contributed by atoms with Crippen LogP contribution in [0.5, 0.6) is 0 Å². The van der Waals surface area contributed by atoms with E-state index in [1.54, 1.807) is 30.3 Å². The Hall–Kier alpha value is -2.24. The average Bonchev–Trinajstić information content (AvgIpc) is 2.74. The van der Waals surface area contributed by atoms with E-state index in [1.807, 2.05) is 0 Å². The molecule has 0 aliphatic carbocycles. The molecule has 1 N–H and O–H groups in total. The molecule has 2 aromatic rings. The first-order valence-electron chi connectivity index (χ1n) is 5.43. The highest BCUT2D eigenvalue weighted by Crippen LogP contribution is 2.33. The van der Waals surface area contributed by atoms with Gasteiger partial charge in [0.05, 0.1) is 5.56 Å². The highest BCUT2D eigenvalue weighted by molar-refractivity contribution is 5.89. The Morgan fingerprint density at radius 3 is 2.32 bits per heavy atom. The average molecular weight is 269 g/mol. The van der Waals surface area contributed by atoms with Crippen LogP contribution in [0, 0.1) is 0 Å². The second-order valence-corrected chi connectivity index (χ2v) is 3.99. The lowest BCUT2D eigenvalue weighted by Gasteiger charge is -2.13. The van der Waals surface area contributed by atoms with E-state index in [0.717, 1.165) is 16.8 Å². The minimum absolute atomic E-state index is 0.0248. The number of hydrogen-bond acceptors (Lipinski definition) is 1. The van der Waals surface area contributed by atoms with E-state index in [1.165, 1.54) is 0 Å². The Kier molecular flexibility index (Phi) is 3.33. The summed E-state index contributed by atoms with van der Waals surface area (Å²) in [5.74, 6) is -1.58. The van der Waals surface area contributed by atoms with Gasteiger partial charge in [0.2, 0.25) is 0 Å². The van der Waals surface area contributed by atoms with Crippen LogP contribution in [0.3, 0.4) is 0 Å². The molecule has 0 amide bonds. The first-order valence-corrected chi connectivity index (χ1v) is 5.43. The number of nitrogens with zero attached hydrogens (tertiary/aromatic N) is 1. The number of hydrogen-bond donors (Lipinski definition) is 1. The van der Waals surface area contributed by atoms with Crippen LogP contribution in [0.1, 0.15) is 21.6 Å². The lowest BCUT2D eigenvalue weighted by atomic mass is 10.2. The first-order chi connectivity index (χ1) is 8.89. The molecule has 0 fully saturated rings. The SMILES string of the molecule is O=C(O)c1ccn(Cc2ccccc2)c1C(F)(F)F. The Balaban J connectivity index is 2.44. The van der Waals surface area contributed by atoms with E-state index in [0.29, 0.717) is 5.56 Å². The normalized spacial score (nSPS) is 11.5. The lowest BCUT2D eigenvalue weighted by Crippen LogP contribution is -2.17. The fourth-order valence-corrected chi connectivity index (χ4v) is 1.87. The zero-order valence-corrected chi connectivity index (χ0v) is 9.69. The van der Waals surface area contributed by atoms with Gasteiger partial charge in [-0.25, -0.2) is 4.79 Å². The van der Waals surface area contributed by atoms with Gasteiger partial charge in [-0.3, -0.25) is 0 Å². The third-order valence-electron chi connectivity index (χ3n) is 2.66. The third-order valence-corrected chi connectivity index (χ3v) is 2.66. The molecule has 0 radical (unpaired) electrons. The van der Waals surface area contributed by atoms with E-state index in [2.05, 4.69) is 0 Å². The van der Waals surface area contributed by atoms with Gasteiger partial charge in [0.25, 0.3) is 0 Å². The molecule has 1 heterocycles. The number of carboxylic acid groups (broad SMARTS) is 1. The summed E-state index contributed by atoms with van der Waals surface area (Å²) >= 11 is 0. The number of carboxylic acids is 1. The van der Waals surface area contributed by atoms with Crippen molar-refractivity contribution in [1.82, 2.24) is 4.57 Å². The van der Waals surface area contributed by atoms with Crippen molar-refractivity contribution in [1.29, 1.82) is 0 Å². The maximum atomic E-state index is 12.9. The van der Waals surface area contributed by atoms with E-state index >= 15 is 0 Å². The molecular weight excluding hydrogens is 259 g/mol. The van der Waals surface area contributed by atoms with Crippen molar-refractivity contribution >= 4 is 5.97 Å². The molecule has 0 unspecified atom stereocenters. The predicted octanol–water partition coefficient (Wildman–Crippen LogP) is 3.25. The zero-order chi connectivity index (χ0) is 14.0. The molecular formula is C13H10F3NO2. The van der Waals surface area contributed by atoms with Crippen molar-refractivity contribution in [3.8, 4) is 0 Å². The Morgan fingerprint density at radius 2 is 1.79 bits per heavy atom. The maximum absolute atomic E-state index is 12.9. The summed E-state index contributed by atoms with van der Waals surface area (Å²) in [5.41, 5.74) is -1.20. The van der Waals surface area contributed by atoms with Crippen molar-refractivity contribution in [2.45, 2.75) is 12.7 Å². The molecule has 1 aromatic heterocycles. The molecule has 0 spiro atoms. The van der Waals surface area contributed by atoms with Crippen molar-refractivity contribution in [2.75, 3.05) is 0 Å². The predicted molar refractivity (Wildman–Crippen MR) is 61.9 cm³/mol. The summed E-state index contributed by atoms with van der Waals surface area (Å²) in [6, 6.07) is 9.51. The first kappa shape index (κ1) is 13.2. The van der Waals surface area contributed by atoms with Gasteiger partial charge in [0.15, 0.2) is 0 Å². The molecule has 0 aliphatic heterocycles. The number of benzene rings is 1. The van der Waals surface area contributed by atoms with Crippen LogP contribution in [-0.4, -0.2) is 15.6 Å². The summed E-state index contributed by atoms with van der Waals surface area (Å²) in [4.78, 5) is 10.8. The summed E-state index contributed by atoms with van der Waals surface area (Å²) in [6.45, 7) is -0.0248. The largest absolute Gasteiger partial charge is 0.478 e. The second-order valence-electron chi connectivity index (χ2n) is 3.99. The van der Waals surface area contributed by atoms with E-state index in [-0.39, 0.29) is 6.54 Å². The van der Waals surface area contributed by atoms with Gasteiger partial charge in [-0.1, -0.05) is 30.3 Å². The second kappa shape index (κ2) is 4.79. The fourth-order valence-electron chi connectivity index (χ4n) is 1.87. The minimum Gasteiger partial charge on any atom is -0.478 e. The summed E-state index contributed by atoms with van der Waals surface area (Å²) in [6.07, 6.45) is -3.56. The van der Waals surface area contributed by atoms with Crippen molar-refractivity contribution in [3.05, 3.63) is 59.4 Å². The maximum Gasteiger partial charge on any atom is 0.432 e. The van der Waals surface area contributed by atoms with Crippen LogP contribution in [0.4, 0.5) is 13.2 Å². The van der Waals surface area contributed by atoms with Crippen LogP contribution in [-0.2, 0) is 12.7 Å². The molecule has 19 heavy (non-hydrogen) atoms. The van der Waals surface area contributed by atoms with Crippen LogP contribution in [0.15, 0.2) is 42.6 Å². The van der Waals surface area contributed by atoms with E-state index in [4.69, 9.17) is 5.11 Å². The summed E-state index contributed by atoms with van der Waals surface area (Å²) in [5, 5.41) is 8.80. The number of carbonyl (C=O) groups is 1.